The summed E-state index contributed by atoms with van der Waals surface area (Å²) in [6.07, 6.45) is 1.37. The van der Waals surface area contributed by atoms with Gasteiger partial charge in [-0.15, -0.1) is 0 Å². The Morgan fingerprint density at radius 1 is 0.967 bits per heavy atom. The Kier molecular flexibility index (Phi) is 6.99. The van der Waals surface area contributed by atoms with Crippen LogP contribution in [0.1, 0.15) is 11.1 Å². The van der Waals surface area contributed by atoms with Crippen molar-refractivity contribution in [2.24, 2.45) is 5.16 Å². The van der Waals surface area contributed by atoms with Crippen LogP contribution in [0, 0.1) is 20.2 Å². The maximum absolute atomic E-state index is 11.5. The fourth-order valence-corrected chi connectivity index (χ4v) is 3.42. The molecule has 0 saturated carbocycles. The average Bonchev–Trinajstić information content (AvgIpc) is 2.74. The Morgan fingerprint density at radius 3 is 2.30 bits per heavy atom. The van der Waals surface area contributed by atoms with E-state index in [1.54, 1.807) is 48.5 Å². The van der Waals surface area contributed by atoms with E-state index < -0.39 is 9.85 Å². The van der Waals surface area contributed by atoms with Crippen LogP contribution in [-0.4, -0.2) is 16.1 Å². The van der Waals surface area contributed by atoms with Crippen LogP contribution in [0.4, 0.5) is 11.4 Å². The Hall–Kier alpha value is -3.43. The van der Waals surface area contributed by atoms with Crippen molar-refractivity contribution in [2.75, 3.05) is 0 Å². The summed E-state index contributed by atoms with van der Waals surface area (Å²) < 4.78 is 0. The molecule has 0 aliphatic heterocycles. The van der Waals surface area contributed by atoms with Crippen molar-refractivity contribution < 1.29 is 14.7 Å². The Labute approximate surface area is 180 Å². The lowest BCUT2D eigenvalue weighted by Gasteiger charge is -2.04. The van der Waals surface area contributed by atoms with Crippen molar-refractivity contribution in [1.82, 2.24) is 0 Å². The zero-order valence-electron chi connectivity index (χ0n) is 15.3. The van der Waals surface area contributed by atoms with Crippen LogP contribution in [-0.2, 0) is 11.4 Å². The van der Waals surface area contributed by atoms with Crippen LogP contribution in [0.5, 0.6) is 0 Å². The van der Waals surface area contributed by atoms with E-state index in [0.717, 1.165) is 4.90 Å². The lowest BCUT2D eigenvalue weighted by Crippen LogP contribution is -1.94. The fourth-order valence-electron chi connectivity index (χ4n) is 2.40. The monoisotopic (exact) mass is 443 g/mol. The first kappa shape index (κ1) is 21.3. The molecule has 10 heteroatoms. The minimum Gasteiger partial charge on any atom is -0.391 e. The van der Waals surface area contributed by atoms with Crippen molar-refractivity contribution >= 4 is 41.0 Å². The number of halogens is 1. The van der Waals surface area contributed by atoms with Gasteiger partial charge >= 0.3 is 0 Å². The molecule has 152 valence electrons. The summed E-state index contributed by atoms with van der Waals surface area (Å²) in [7, 11) is 0. The number of hydrogen-bond acceptors (Lipinski definition) is 7. The largest absolute Gasteiger partial charge is 0.391 e. The minimum atomic E-state index is -0.482. The molecule has 8 nitrogen and oxygen atoms in total. The first-order chi connectivity index (χ1) is 14.4. The van der Waals surface area contributed by atoms with Crippen LogP contribution in [0.2, 0.25) is 5.02 Å². The molecular formula is C20H14ClN3O5S. The smallest absolute Gasteiger partial charge is 0.283 e. The van der Waals surface area contributed by atoms with E-state index in [0.29, 0.717) is 21.0 Å². The van der Waals surface area contributed by atoms with Gasteiger partial charge in [-0.1, -0.05) is 34.6 Å². The van der Waals surface area contributed by atoms with Gasteiger partial charge in [-0.05, 0) is 48.0 Å². The van der Waals surface area contributed by atoms with E-state index in [-0.39, 0.29) is 18.0 Å². The summed E-state index contributed by atoms with van der Waals surface area (Å²) in [4.78, 5) is 27.7. The number of hydrogen-bond donors (Lipinski definition) is 0. The number of rotatable bonds is 8. The molecule has 0 unspecified atom stereocenters. The highest BCUT2D eigenvalue weighted by Gasteiger charge is 2.15. The molecule has 0 radical (unpaired) electrons. The number of non-ortho nitro benzene ring substituents is 1. The second-order valence-electron chi connectivity index (χ2n) is 5.97. The minimum absolute atomic E-state index is 0.00822. The van der Waals surface area contributed by atoms with Crippen molar-refractivity contribution in [2.45, 2.75) is 16.4 Å². The normalized spacial score (nSPS) is 10.8. The van der Waals surface area contributed by atoms with E-state index in [1.807, 2.05) is 0 Å². The van der Waals surface area contributed by atoms with Crippen molar-refractivity contribution in [3.05, 3.63) is 103 Å². The van der Waals surface area contributed by atoms with Gasteiger partial charge in [0, 0.05) is 33.7 Å². The molecule has 0 amide bonds. The molecule has 0 spiro atoms. The molecule has 3 aromatic rings. The quantitative estimate of drug-likeness (QED) is 0.245. The van der Waals surface area contributed by atoms with E-state index in [1.165, 1.54) is 36.2 Å². The van der Waals surface area contributed by atoms with Gasteiger partial charge in [-0.2, -0.15) is 0 Å². The molecule has 0 fully saturated rings. The first-order valence-corrected chi connectivity index (χ1v) is 9.72. The molecule has 0 aliphatic carbocycles. The highest BCUT2D eigenvalue weighted by molar-refractivity contribution is 7.99. The molecule has 0 aliphatic rings. The fraction of sp³-hybridized carbons (Fsp3) is 0.0500. The lowest BCUT2D eigenvalue weighted by atomic mass is 10.2. The number of nitrogens with zero attached hydrogens (tertiary/aromatic N) is 3. The van der Waals surface area contributed by atoms with E-state index in [9.17, 15) is 20.2 Å². The molecule has 0 bridgehead atoms. The predicted octanol–water partition coefficient (Wildman–Crippen LogP) is 5.86. The maximum Gasteiger partial charge on any atom is 0.283 e. The third-order valence-corrected chi connectivity index (χ3v) is 5.20. The maximum atomic E-state index is 11.5. The molecule has 0 N–H and O–H groups in total. The Bertz CT molecular complexity index is 1090. The number of benzene rings is 3. The third kappa shape index (κ3) is 5.79. The van der Waals surface area contributed by atoms with Crippen molar-refractivity contribution in [1.29, 1.82) is 0 Å². The van der Waals surface area contributed by atoms with Gasteiger partial charge in [-0.3, -0.25) is 20.2 Å². The van der Waals surface area contributed by atoms with Crippen LogP contribution in [0.15, 0.2) is 81.7 Å². The number of nitro benzene ring substituents is 2. The van der Waals surface area contributed by atoms with Gasteiger partial charge in [0.1, 0.15) is 6.61 Å². The SMILES string of the molecule is O=[N+]([O-])c1ccc(CO/N=C/c2ccc(Sc3ccc(Cl)cc3)c([N+](=O)[O-])c2)cc1. The summed E-state index contributed by atoms with van der Waals surface area (Å²) in [5.41, 5.74) is 1.16. The van der Waals surface area contributed by atoms with Crippen LogP contribution in [0.25, 0.3) is 0 Å². The van der Waals surface area contributed by atoms with Gasteiger partial charge in [0.2, 0.25) is 0 Å². The third-order valence-electron chi connectivity index (χ3n) is 3.88. The summed E-state index contributed by atoms with van der Waals surface area (Å²) in [6, 6.07) is 17.7. The van der Waals surface area contributed by atoms with Crippen LogP contribution in [0.3, 0.4) is 0 Å². The second kappa shape index (κ2) is 9.86. The summed E-state index contributed by atoms with van der Waals surface area (Å²) in [6.45, 7) is 0.112. The Balaban J connectivity index is 1.65. The van der Waals surface area contributed by atoms with Gasteiger partial charge < -0.3 is 4.84 Å². The molecular weight excluding hydrogens is 430 g/mol. The highest BCUT2D eigenvalue weighted by atomic mass is 35.5. The molecule has 3 aromatic carbocycles. The molecule has 3 rings (SSSR count). The first-order valence-electron chi connectivity index (χ1n) is 8.53. The summed E-state index contributed by atoms with van der Waals surface area (Å²) in [5.74, 6) is 0. The summed E-state index contributed by atoms with van der Waals surface area (Å²) >= 11 is 7.13. The molecule has 0 aromatic heterocycles. The van der Waals surface area contributed by atoms with E-state index in [2.05, 4.69) is 5.16 Å². The predicted molar refractivity (Wildman–Crippen MR) is 114 cm³/mol. The van der Waals surface area contributed by atoms with Gasteiger partial charge in [0.25, 0.3) is 11.4 Å². The summed E-state index contributed by atoms with van der Waals surface area (Å²) in [5, 5.41) is 26.5. The number of nitro groups is 2. The zero-order chi connectivity index (χ0) is 21.5. The van der Waals surface area contributed by atoms with E-state index >= 15 is 0 Å². The second-order valence-corrected chi connectivity index (χ2v) is 7.52. The van der Waals surface area contributed by atoms with E-state index in [4.69, 9.17) is 16.4 Å². The zero-order valence-corrected chi connectivity index (χ0v) is 16.9. The van der Waals surface area contributed by atoms with Crippen molar-refractivity contribution in [3.63, 3.8) is 0 Å². The average molecular weight is 444 g/mol. The topological polar surface area (TPSA) is 108 Å². The van der Waals surface area contributed by atoms with Crippen molar-refractivity contribution in [3.8, 4) is 0 Å². The Morgan fingerprint density at radius 2 is 1.67 bits per heavy atom. The molecule has 0 heterocycles. The van der Waals surface area contributed by atoms with Gasteiger partial charge in [-0.25, -0.2) is 0 Å². The van der Waals surface area contributed by atoms with Gasteiger partial charge in [0.05, 0.1) is 21.0 Å². The van der Waals surface area contributed by atoms with Crippen LogP contribution < -0.4 is 0 Å². The van der Waals surface area contributed by atoms with Crippen LogP contribution >= 0.6 is 23.4 Å². The lowest BCUT2D eigenvalue weighted by molar-refractivity contribution is -0.387. The molecule has 30 heavy (non-hydrogen) atoms. The van der Waals surface area contributed by atoms with Gasteiger partial charge in [0.15, 0.2) is 0 Å². The standard InChI is InChI=1S/C20H14ClN3O5S/c21-16-4-8-18(9-5-16)30-20-10-3-15(11-19(20)24(27)28)12-22-29-13-14-1-6-17(7-2-14)23(25)26/h1-12H,13H2/b22-12+. The molecule has 0 saturated heterocycles. The highest BCUT2D eigenvalue weighted by Crippen LogP contribution is 2.35. The molecule has 0 atom stereocenters. The number of oxime groups is 1.